The molecule has 15 heavy (non-hydrogen) atoms. The highest BCUT2D eigenvalue weighted by atomic mass is 32.2. The summed E-state index contributed by atoms with van der Waals surface area (Å²) in [7, 11) is 1.89. The van der Waals surface area contributed by atoms with Crippen LogP contribution in [0.5, 0.6) is 0 Å². The molecule has 1 aliphatic heterocycles. The van der Waals surface area contributed by atoms with Crippen molar-refractivity contribution in [3.05, 3.63) is 0 Å². The first-order valence-electron chi connectivity index (χ1n) is 5.76. The Balaban J connectivity index is 1.89. The van der Waals surface area contributed by atoms with Crippen LogP contribution in [0.4, 0.5) is 0 Å². The van der Waals surface area contributed by atoms with E-state index in [9.17, 15) is 4.79 Å². The molecule has 3 atom stereocenters. The van der Waals surface area contributed by atoms with Crippen molar-refractivity contribution in [2.24, 2.45) is 0 Å². The van der Waals surface area contributed by atoms with Gasteiger partial charge in [-0.25, -0.2) is 0 Å². The van der Waals surface area contributed by atoms with E-state index >= 15 is 0 Å². The minimum absolute atomic E-state index is 0.0905. The Morgan fingerprint density at radius 2 is 2.20 bits per heavy atom. The first-order chi connectivity index (χ1) is 7.22. The Kier molecular flexibility index (Phi) is 3.57. The van der Waals surface area contributed by atoms with Crippen molar-refractivity contribution in [2.75, 3.05) is 19.8 Å². The summed E-state index contributed by atoms with van der Waals surface area (Å²) in [6, 6.07) is 0.646. The van der Waals surface area contributed by atoms with Gasteiger partial charge in [0.15, 0.2) is 0 Å². The van der Waals surface area contributed by atoms with Crippen molar-refractivity contribution in [2.45, 2.75) is 43.0 Å². The van der Waals surface area contributed by atoms with Gasteiger partial charge in [-0.1, -0.05) is 6.42 Å². The Labute approximate surface area is 96.0 Å². The summed E-state index contributed by atoms with van der Waals surface area (Å²) >= 11 is 1.94. The predicted octanol–water partition coefficient (Wildman–Crippen LogP) is 1.09. The molecular weight excluding hydrogens is 208 g/mol. The van der Waals surface area contributed by atoms with Crippen molar-refractivity contribution in [3.63, 3.8) is 0 Å². The van der Waals surface area contributed by atoms with Crippen LogP contribution >= 0.6 is 11.8 Å². The molecule has 2 rings (SSSR count). The van der Waals surface area contributed by atoms with Crippen molar-refractivity contribution in [3.8, 4) is 0 Å². The van der Waals surface area contributed by atoms with E-state index in [0.29, 0.717) is 11.3 Å². The van der Waals surface area contributed by atoms with E-state index in [-0.39, 0.29) is 11.9 Å². The molecule has 0 aromatic rings. The second-order valence-corrected chi connectivity index (χ2v) is 5.66. The maximum Gasteiger partial charge on any atom is 0.239 e. The smallest absolute Gasteiger partial charge is 0.239 e. The first-order valence-corrected chi connectivity index (χ1v) is 7.05. The normalized spacial score (nSPS) is 36.5. The van der Waals surface area contributed by atoms with Crippen LogP contribution in [0.1, 0.15) is 25.7 Å². The molecule has 0 bridgehead atoms. The summed E-state index contributed by atoms with van der Waals surface area (Å²) in [4.78, 5) is 13.6. The first kappa shape index (κ1) is 11.3. The molecule has 0 radical (unpaired) electrons. The van der Waals surface area contributed by atoms with E-state index in [1.165, 1.54) is 19.3 Å². The van der Waals surface area contributed by atoms with Gasteiger partial charge in [0.05, 0.1) is 6.04 Å². The van der Waals surface area contributed by atoms with Crippen LogP contribution in [-0.2, 0) is 4.79 Å². The molecule has 2 aliphatic rings. The second kappa shape index (κ2) is 4.74. The number of nitrogens with zero attached hydrogens (tertiary/aromatic N) is 1. The number of nitrogens with one attached hydrogen (secondary N) is 1. The lowest BCUT2D eigenvalue weighted by molar-refractivity contribution is -0.128. The van der Waals surface area contributed by atoms with Crippen molar-refractivity contribution >= 4 is 17.7 Å². The van der Waals surface area contributed by atoms with Gasteiger partial charge in [-0.15, -0.1) is 0 Å². The number of rotatable bonds is 3. The van der Waals surface area contributed by atoms with Gasteiger partial charge in [-0.2, -0.15) is 11.8 Å². The number of likely N-dealkylation sites (tertiary alicyclic amines) is 1. The monoisotopic (exact) mass is 228 g/mol. The summed E-state index contributed by atoms with van der Waals surface area (Å²) < 4.78 is 0. The maximum atomic E-state index is 11.7. The largest absolute Gasteiger partial charge is 0.344 e. The molecule has 86 valence electrons. The zero-order chi connectivity index (χ0) is 10.8. The molecule has 1 saturated carbocycles. The maximum absolute atomic E-state index is 11.7. The fraction of sp³-hybridized carbons (Fsp3) is 0.909. The molecule has 0 aromatic carbocycles. The number of likely N-dealkylation sites (N-methyl/N-ethyl adjacent to an activating group) is 1. The predicted molar refractivity (Wildman–Crippen MR) is 64.1 cm³/mol. The summed E-state index contributed by atoms with van der Waals surface area (Å²) in [5.41, 5.74) is 0. The molecule has 3 nitrogen and oxygen atoms in total. The summed E-state index contributed by atoms with van der Waals surface area (Å²) in [5, 5.41) is 4.26. The van der Waals surface area contributed by atoms with Gasteiger partial charge >= 0.3 is 0 Å². The van der Waals surface area contributed by atoms with Gasteiger partial charge in [0.2, 0.25) is 5.91 Å². The minimum Gasteiger partial charge on any atom is -0.344 e. The van der Waals surface area contributed by atoms with Gasteiger partial charge in [-0.3, -0.25) is 4.79 Å². The summed E-state index contributed by atoms with van der Waals surface area (Å²) in [6.07, 6.45) is 6.99. The van der Waals surface area contributed by atoms with Crippen LogP contribution in [0.15, 0.2) is 0 Å². The molecule has 1 aliphatic carbocycles. The van der Waals surface area contributed by atoms with Gasteiger partial charge in [0, 0.05) is 24.9 Å². The highest BCUT2D eigenvalue weighted by Gasteiger charge is 2.34. The lowest BCUT2D eigenvalue weighted by Gasteiger charge is -2.22. The average molecular weight is 228 g/mol. The van der Waals surface area contributed by atoms with E-state index in [2.05, 4.69) is 11.6 Å². The van der Waals surface area contributed by atoms with E-state index in [0.717, 1.165) is 13.0 Å². The van der Waals surface area contributed by atoms with Crippen molar-refractivity contribution < 1.29 is 4.79 Å². The molecule has 1 amide bonds. The van der Waals surface area contributed by atoms with E-state index < -0.39 is 0 Å². The molecular formula is C11H20N2OS. The lowest BCUT2D eigenvalue weighted by atomic mass is 10.2. The number of carbonyl (C=O) groups is 1. The highest BCUT2D eigenvalue weighted by molar-refractivity contribution is 7.99. The lowest BCUT2D eigenvalue weighted by Crippen LogP contribution is -2.45. The van der Waals surface area contributed by atoms with Crippen LogP contribution in [0.3, 0.4) is 0 Å². The van der Waals surface area contributed by atoms with Crippen LogP contribution in [0, 0.1) is 0 Å². The minimum atomic E-state index is 0.0905. The number of amides is 1. The fourth-order valence-electron chi connectivity index (χ4n) is 2.63. The Hall–Kier alpha value is -0.220. The molecule has 1 saturated heterocycles. The fourth-order valence-corrected chi connectivity index (χ4v) is 3.58. The standard InChI is InChI=1S/C11H20N2OS/c1-13-7-6-9(11(13)14)12-8-4-3-5-10(8)15-2/h8-10,12H,3-7H2,1-2H3. The third-order valence-corrected chi connectivity index (χ3v) is 4.77. The van der Waals surface area contributed by atoms with Crippen molar-refractivity contribution in [1.82, 2.24) is 10.2 Å². The molecule has 0 aromatic heterocycles. The zero-order valence-electron chi connectivity index (χ0n) is 9.53. The van der Waals surface area contributed by atoms with Crippen LogP contribution in [-0.4, -0.2) is 48.0 Å². The third-order valence-electron chi connectivity index (χ3n) is 3.60. The number of hydrogen-bond acceptors (Lipinski definition) is 3. The quantitative estimate of drug-likeness (QED) is 0.785. The van der Waals surface area contributed by atoms with Gasteiger partial charge in [-0.05, 0) is 25.5 Å². The van der Waals surface area contributed by atoms with Crippen LogP contribution in [0.25, 0.3) is 0 Å². The SMILES string of the molecule is CSC1CCCC1NC1CCN(C)C1=O. The molecule has 1 N–H and O–H groups in total. The molecule has 2 fully saturated rings. The Morgan fingerprint density at radius 3 is 2.80 bits per heavy atom. The Morgan fingerprint density at radius 1 is 1.40 bits per heavy atom. The van der Waals surface area contributed by atoms with Gasteiger partial charge < -0.3 is 10.2 Å². The second-order valence-electron chi connectivity index (χ2n) is 4.58. The highest BCUT2D eigenvalue weighted by Crippen LogP contribution is 2.29. The molecule has 4 heteroatoms. The van der Waals surface area contributed by atoms with E-state index in [1.54, 1.807) is 0 Å². The molecule has 1 heterocycles. The van der Waals surface area contributed by atoms with E-state index in [4.69, 9.17) is 0 Å². The third kappa shape index (κ3) is 2.31. The number of carbonyl (C=O) groups excluding carboxylic acids is 1. The van der Waals surface area contributed by atoms with Crippen LogP contribution in [0.2, 0.25) is 0 Å². The average Bonchev–Trinajstić information content (AvgIpc) is 2.80. The van der Waals surface area contributed by atoms with Gasteiger partial charge in [0.1, 0.15) is 0 Å². The number of hydrogen-bond donors (Lipinski definition) is 1. The van der Waals surface area contributed by atoms with Gasteiger partial charge in [0.25, 0.3) is 0 Å². The number of thioether (sulfide) groups is 1. The van der Waals surface area contributed by atoms with Crippen molar-refractivity contribution in [1.29, 1.82) is 0 Å². The molecule has 3 unspecified atom stereocenters. The summed E-state index contributed by atoms with van der Waals surface area (Å²) in [6.45, 7) is 0.910. The topological polar surface area (TPSA) is 32.3 Å². The summed E-state index contributed by atoms with van der Waals surface area (Å²) in [5.74, 6) is 0.279. The van der Waals surface area contributed by atoms with E-state index in [1.807, 2.05) is 23.7 Å². The Bertz CT molecular complexity index is 247. The van der Waals surface area contributed by atoms with Crippen LogP contribution < -0.4 is 5.32 Å². The molecule has 0 spiro atoms. The zero-order valence-corrected chi connectivity index (χ0v) is 10.3.